The smallest absolute Gasteiger partial charge is 0.283 e. The third kappa shape index (κ3) is 2.91. The third-order valence-electron chi connectivity index (χ3n) is 3.78. The van der Waals surface area contributed by atoms with Crippen molar-refractivity contribution in [2.24, 2.45) is 0 Å². The quantitative estimate of drug-likeness (QED) is 0.560. The minimum Gasteiger partial charge on any atom is -0.459 e. The Labute approximate surface area is 138 Å². The molecule has 0 saturated carbocycles. The molecule has 4 rings (SSSR count). The predicted molar refractivity (Wildman–Crippen MR) is 88.9 cm³/mol. The van der Waals surface area contributed by atoms with Gasteiger partial charge in [-0.05, 0) is 36.9 Å². The Morgan fingerprint density at radius 3 is 2.83 bits per heavy atom. The van der Waals surface area contributed by atoms with E-state index in [1.807, 2.05) is 31.4 Å². The van der Waals surface area contributed by atoms with Crippen molar-refractivity contribution in [3.8, 4) is 11.7 Å². The van der Waals surface area contributed by atoms with Crippen LogP contribution in [-0.2, 0) is 13.1 Å². The van der Waals surface area contributed by atoms with E-state index in [1.54, 1.807) is 18.4 Å². The van der Waals surface area contributed by atoms with E-state index in [0.29, 0.717) is 24.1 Å². The maximum Gasteiger partial charge on any atom is 0.283 e. The van der Waals surface area contributed by atoms with Crippen LogP contribution < -0.4 is 0 Å². The first-order valence-corrected chi connectivity index (χ1v) is 7.67. The predicted octanol–water partition coefficient (Wildman–Crippen LogP) is 3.51. The number of aromatic nitrogens is 3. The molecule has 6 heteroatoms. The summed E-state index contributed by atoms with van der Waals surface area (Å²) in [6, 6.07) is 13.8. The number of hydrogen-bond donors (Lipinski definition) is 0. The van der Waals surface area contributed by atoms with Crippen molar-refractivity contribution in [1.82, 2.24) is 20.1 Å². The molecule has 24 heavy (non-hydrogen) atoms. The molecule has 0 fully saturated rings. The first-order valence-electron chi connectivity index (χ1n) is 7.67. The summed E-state index contributed by atoms with van der Waals surface area (Å²) in [5.41, 5.74) is 2.22. The van der Waals surface area contributed by atoms with Gasteiger partial charge >= 0.3 is 0 Å². The van der Waals surface area contributed by atoms with E-state index in [0.717, 1.165) is 17.4 Å². The van der Waals surface area contributed by atoms with Crippen LogP contribution in [0.15, 0.2) is 63.8 Å². The zero-order valence-electron chi connectivity index (χ0n) is 13.2. The van der Waals surface area contributed by atoms with Crippen molar-refractivity contribution < 1.29 is 8.83 Å². The molecular formula is C18H16N4O2. The number of fused-ring (bicyclic) bond motifs is 1. The monoisotopic (exact) mass is 320 g/mol. The molecule has 0 amide bonds. The van der Waals surface area contributed by atoms with Crippen molar-refractivity contribution in [2.75, 3.05) is 7.05 Å². The summed E-state index contributed by atoms with van der Waals surface area (Å²) in [6.07, 6.45) is 3.39. The minimum atomic E-state index is 0.401. The van der Waals surface area contributed by atoms with E-state index < -0.39 is 0 Å². The molecule has 4 aromatic rings. The molecule has 0 unspecified atom stereocenters. The molecule has 0 atom stereocenters. The van der Waals surface area contributed by atoms with E-state index in [1.165, 1.54) is 5.56 Å². The lowest BCUT2D eigenvalue weighted by atomic mass is 10.1. The van der Waals surface area contributed by atoms with Gasteiger partial charge in [-0.25, -0.2) is 0 Å². The molecule has 3 aromatic heterocycles. The van der Waals surface area contributed by atoms with Crippen molar-refractivity contribution in [1.29, 1.82) is 0 Å². The number of nitrogens with zero attached hydrogens (tertiary/aromatic N) is 4. The molecule has 0 aliphatic carbocycles. The number of benzene rings is 1. The van der Waals surface area contributed by atoms with E-state index in [2.05, 4.69) is 32.2 Å². The second kappa shape index (κ2) is 6.25. The van der Waals surface area contributed by atoms with Crippen molar-refractivity contribution in [3.63, 3.8) is 0 Å². The van der Waals surface area contributed by atoms with Gasteiger partial charge in [0.1, 0.15) is 0 Å². The van der Waals surface area contributed by atoms with Gasteiger partial charge in [0, 0.05) is 18.1 Å². The van der Waals surface area contributed by atoms with Gasteiger partial charge in [-0.2, -0.15) is 0 Å². The fourth-order valence-electron chi connectivity index (χ4n) is 2.70. The molecule has 0 aliphatic rings. The summed E-state index contributed by atoms with van der Waals surface area (Å²) in [4.78, 5) is 6.52. The van der Waals surface area contributed by atoms with Gasteiger partial charge in [0.2, 0.25) is 5.89 Å². The Bertz CT molecular complexity index is 941. The summed E-state index contributed by atoms with van der Waals surface area (Å²) < 4.78 is 10.9. The first-order chi connectivity index (χ1) is 11.8. The van der Waals surface area contributed by atoms with Crippen LogP contribution in [0.2, 0.25) is 0 Å². The highest BCUT2D eigenvalue weighted by Crippen LogP contribution is 2.20. The van der Waals surface area contributed by atoms with Gasteiger partial charge in [-0.3, -0.25) is 9.88 Å². The summed E-state index contributed by atoms with van der Waals surface area (Å²) in [7, 11) is 2.02. The summed E-state index contributed by atoms with van der Waals surface area (Å²) in [5, 5.41) is 9.27. The van der Waals surface area contributed by atoms with Gasteiger partial charge in [0.05, 0.1) is 18.3 Å². The van der Waals surface area contributed by atoms with E-state index in [9.17, 15) is 0 Å². The lowest BCUT2D eigenvalue weighted by molar-refractivity contribution is 0.283. The van der Waals surface area contributed by atoms with Crippen LogP contribution in [0.3, 0.4) is 0 Å². The SMILES string of the molecule is CN(Cc1nnc(-c2ccco2)o1)Cc1cccc2ncccc12. The van der Waals surface area contributed by atoms with E-state index in [4.69, 9.17) is 8.83 Å². The average molecular weight is 320 g/mol. The standard InChI is InChI=1S/C18H16N4O2/c1-22(11-13-5-2-7-15-14(13)6-3-9-19-15)12-17-20-21-18(24-17)16-8-4-10-23-16/h2-10H,11-12H2,1H3. The van der Waals surface area contributed by atoms with Crippen LogP contribution in [0.4, 0.5) is 0 Å². The van der Waals surface area contributed by atoms with Gasteiger partial charge in [-0.15, -0.1) is 10.2 Å². The Balaban J connectivity index is 1.49. The highest BCUT2D eigenvalue weighted by molar-refractivity contribution is 5.81. The van der Waals surface area contributed by atoms with Gasteiger partial charge in [0.25, 0.3) is 5.89 Å². The Morgan fingerprint density at radius 2 is 1.96 bits per heavy atom. The molecule has 0 spiro atoms. The summed E-state index contributed by atoms with van der Waals surface area (Å²) in [6.45, 7) is 1.33. The highest BCUT2D eigenvalue weighted by Gasteiger charge is 2.13. The molecule has 6 nitrogen and oxygen atoms in total. The fraction of sp³-hybridized carbons (Fsp3) is 0.167. The Morgan fingerprint density at radius 1 is 1.00 bits per heavy atom. The van der Waals surface area contributed by atoms with Crippen LogP contribution in [0.1, 0.15) is 11.5 Å². The van der Waals surface area contributed by atoms with Gasteiger partial charge < -0.3 is 8.83 Å². The van der Waals surface area contributed by atoms with E-state index >= 15 is 0 Å². The van der Waals surface area contributed by atoms with Crippen molar-refractivity contribution in [3.05, 3.63) is 66.4 Å². The van der Waals surface area contributed by atoms with Crippen molar-refractivity contribution in [2.45, 2.75) is 13.1 Å². The van der Waals surface area contributed by atoms with Crippen molar-refractivity contribution >= 4 is 10.9 Å². The van der Waals surface area contributed by atoms with E-state index in [-0.39, 0.29) is 0 Å². The van der Waals surface area contributed by atoms with Crippen LogP contribution >= 0.6 is 0 Å². The van der Waals surface area contributed by atoms with Crippen LogP contribution in [-0.4, -0.2) is 27.1 Å². The molecular weight excluding hydrogens is 304 g/mol. The normalized spacial score (nSPS) is 11.4. The minimum absolute atomic E-state index is 0.401. The molecule has 0 aliphatic heterocycles. The second-order valence-corrected chi connectivity index (χ2v) is 5.64. The first kappa shape index (κ1) is 14.6. The van der Waals surface area contributed by atoms with Crippen LogP contribution in [0.5, 0.6) is 0 Å². The van der Waals surface area contributed by atoms with Gasteiger partial charge in [0.15, 0.2) is 5.76 Å². The van der Waals surface area contributed by atoms with Crippen LogP contribution in [0.25, 0.3) is 22.6 Å². The summed E-state index contributed by atoms with van der Waals surface area (Å²) in [5.74, 6) is 1.54. The Kier molecular flexibility index (Phi) is 3.80. The maximum absolute atomic E-state index is 5.65. The fourth-order valence-corrected chi connectivity index (χ4v) is 2.70. The number of rotatable bonds is 5. The maximum atomic E-state index is 5.65. The van der Waals surface area contributed by atoms with Crippen LogP contribution in [0, 0.1) is 0 Å². The largest absolute Gasteiger partial charge is 0.459 e. The number of furan rings is 1. The molecule has 3 heterocycles. The lowest BCUT2D eigenvalue weighted by Crippen LogP contribution is -2.17. The third-order valence-corrected chi connectivity index (χ3v) is 3.78. The lowest BCUT2D eigenvalue weighted by Gasteiger charge is -2.15. The number of hydrogen-bond acceptors (Lipinski definition) is 6. The number of pyridine rings is 1. The molecule has 0 saturated heterocycles. The van der Waals surface area contributed by atoms with Gasteiger partial charge in [-0.1, -0.05) is 18.2 Å². The highest BCUT2D eigenvalue weighted by atomic mass is 16.4. The topological polar surface area (TPSA) is 68.2 Å². The molecule has 1 aromatic carbocycles. The Hall–Kier alpha value is -2.99. The summed E-state index contributed by atoms with van der Waals surface area (Å²) >= 11 is 0. The molecule has 0 N–H and O–H groups in total. The molecule has 0 radical (unpaired) electrons. The molecule has 120 valence electrons. The average Bonchev–Trinajstić information content (AvgIpc) is 3.26. The molecule has 0 bridgehead atoms. The zero-order chi connectivity index (χ0) is 16.4. The second-order valence-electron chi connectivity index (χ2n) is 5.64. The zero-order valence-corrected chi connectivity index (χ0v) is 13.2.